The molecule has 0 heterocycles. The zero-order valence-electron chi connectivity index (χ0n) is 16.7. The first-order valence-corrected chi connectivity index (χ1v) is 10.9. The van der Waals surface area contributed by atoms with Crippen LogP contribution in [0.4, 0.5) is 5.69 Å². The Bertz CT molecular complexity index is 861. The predicted octanol–water partition coefficient (Wildman–Crippen LogP) is 4.69. The maximum absolute atomic E-state index is 12.6. The van der Waals surface area contributed by atoms with E-state index < -0.39 is 0 Å². The first-order valence-electron chi connectivity index (χ1n) is 9.82. The fourth-order valence-corrected chi connectivity index (χ4v) is 3.40. The molecule has 30 heavy (non-hydrogen) atoms. The lowest BCUT2D eigenvalue weighted by atomic mass is 10.3. The highest BCUT2D eigenvalue weighted by Crippen LogP contribution is 2.13. The number of para-hydroxylation sites is 2. The van der Waals surface area contributed by atoms with Gasteiger partial charge in [0.25, 0.3) is 0 Å². The van der Waals surface area contributed by atoms with Crippen LogP contribution in [-0.2, 0) is 4.79 Å². The lowest BCUT2D eigenvalue weighted by Gasteiger charge is -2.22. The smallest absolute Gasteiger partial charge is 0.238 e. The Hall–Kier alpha value is -2.58. The van der Waals surface area contributed by atoms with Crippen molar-refractivity contribution in [2.75, 3.05) is 38.2 Å². The van der Waals surface area contributed by atoms with Crippen LogP contribution in [0.25, 0.3) is 0 Å². The van der Waals surface area contributed by atoms with Gasteiger partial charge in [0.2, 0.25) is 5.91 Å². The van der Waals surface area contributed by atoms with Crippen LogP contribution in [0.3, 0.4) is 0 Å². The third-order valence-corrected chi connectivity index (χ3v) is 4.99. The third kappa shape index (κ3) is 8.04. The number of hydrogen-bond acceptors (Lipinski definition) is 4. The molecule has 0 bridgehead atoms. The van der Waals surface area contributed by atoms with Crippen molar-refractivity contribution in [3.05, 3.63) is 88.5 Å². The molecule has 0 unspecified atom stereocenters. The third-order valence-electron chi connectivity index (χ3n) is 4.31. The Kier molecular flexibility index (Phi) is 8.99. The summed E-state index contributed by atoms with van der Waals surface area (Å²) in [6.07, 6.45) is 0. The Morgan fingerprint density at radius 3 is 1.90 bits per heavy atom. The number of ether oxygens (including phenoxy) is 2. The Morgan fingerprint density at radius 2 is 1.37 bits per heavy atom. The predicted molar refractivity (Wildman–Crippen MR) is 128 cm³/mol. The molecule has 3 aromatic rings. The maximum Gasteiger partial charge on any atom is 0.238 e. The van der Waals surface area contributed by atoms with Crippen molar-refractivity contribution < 1.29 is 14.3 Å². The summed E-state index contributed by atoms with van der Waals surface area (Å²) in [6.45, 7) is 2.49. The normalized spacial score (nSPS) is 10.6. The van der Waals surface area contributed by atoms with Crippen LogP contribution in [-0.4, -0.2) is 43.7 Å². The van der Waals surface area contributed by atoms with Gasteiger partial charge in [-0.1, -0.05) is 42.5 Å². The average molecular weight is 516 g/mol. The number of nitrogens with zero attached hydrogens (tertiary/aromatic N) is 1. The van der Waals surface area contributed by atoms with Gasteiger partial charge in [-0.05, 0) is 65.1 Å². The zero-order chi connectivity index (χ0) is 21.0. The van der Waals surface area contributed by atoms with Crippen molar-refractivity contribution in [3.8, 4) is 11.5 Å². The Labute approximate surface area is 191 Å². The summed E-state index contributed by atoms with van der Waals surface area (Å²) in [5, 5.41) is 2.96. The van der Waals surface area contributed by atoms with E-state index in [2.05, 4.69) is 27.9 Å². The number of anilines is 1. The molecule has 0 aliphatic rings. The quantitative estimate of drug-likeness (QED) is 0.376. The summed E-state index contributed by atoms with van der Waals surface area (Å²) in [5.74, 6) is 1.58. The number of rotatable bonds is 11. The van der Waals surface area contributed by atoms with Gasteiger partial charge in [0.05, 0.1) is 6.54 Å². The fourth-order valence-electron chi connectivity index (χ4n) is 2.86. The van der Waals surface area contributed by atoms with Crippen molar-refractivity contribution in [1.82, 2.24) is 4.90 Å². The molecule has 156 valence electrons. The lowest BCUT2D eigenvalue weighted by Crippen LogP contribution is -2.38. The number of halogens is 1. The highest BCUT2D eigenvalue weighted by molar-refractivity contribution is 14.1. The van der Waals surface area contributed by atoms with Gasteiger partial charge in [0, 0.05) is 22.3 Å². The van der Waals surface area contributed by atoms with E-state index in [1.807, 2.05) is 89.8 Å². The van der Waals surface area contributed by atoms with Crippen LogP contribution < -0.4 is 14.8 Å². The summed E-state index contributed by atoms with van der Waals surface area (Å²) in [6, 6.07) is 27.1. The van der Waals surface area contributed by atoms with Gasteiger partial charge >= 0.3 is 0 Å². The molecule has 0 atom stereocenters. The molecule has 1 N–H and O–H groups in total. The van der Waals surface area contributed by atoms with E-state index in [0.717, 1.165) is 20.8 Å². The molecule has 6 heteroatoms. The van der Waals surface area contributed by atoms with Crippen LogP contribution in [0.15, 0.2) is 84.9 Å². The number of nitrogens with one attached hydrogen (secondary N) is 1. The topological polar surface area (TPSA) is 50.8 Å². The lowest BCUT2D eigenvalue weighted by molar-refractivity contribution is -0.117. The summed E-state index contributed by atoms with van der Waals surface area (Å²) in [5.41, 5.74) is 0.799. The molecule has 0 spiro atoms. The van der Waals surface area contributed by atoms with Crippen LogP contribution in [0, 0.1) is 3.57 Å². The van der Waals surface area contributed by atoms with E-state index in [9.17, 15) is 4.79 Å². The first kappa shape index (κ1) is 22.1. The van der Waals surface area contributed by atoms with Gasteiger partial charge < -0.3 is 14.8 Å². The summed E-state index contributed by atoms with van der Waals surface area (Å²) in [7, 11) is 0. The molecule has 0 aliphatic carbocycles. The van der Waals surface area contributed by atoms with Crippen molar-refractivity contribution in [2.45, 2.75) is 0 Å². The second-order valence-electron chi connectivity index (χ2n) is 6.66. The van der Waals surface area contributed by atoms with Gasteiger partial charge in [0.1, 0.15) is 24.7 Å². The van der Waals surface area contributed by atoms with E-state index in [0.29, 0.717) is 26.3 Å². The standard InChI is InChI=1S/C24H25IN2O3/c25-20-8-7-9-21(18-20)26-24(28)19-27(14-16-29-22-10-3-1-4-11-22)15-17-30-23-12-5-2-6-13-23/h1-13,18H,14-17,19H2,(H,26,28). The number of carbonyl (C=O) groups excluding carboxylic acids is 1. The number of amides is 1. The molecule has 0 aromatic heterocycles. The highest BCUT2D eigenvalue weighted by Gasteiger charge is 2.12. The van der Waals surface area contributed by atoms with Crippen molar-refractivity contribution in [1.29, 1.82) is 0 Å². The van der Waals surface area contributed by atoms with Gasteiger partial charge in [0.15, 0.2) is 0 Å². The molecule has 3 aromatic carbocycles. The SMILES string of the molecule is O=C(CN(CCOc1ccccc1)CCOc1ccccc1)Nc1cccc(I)c1. The molecular weight excluding hydrogens is 491 g/mol. The average Bonchev–Trinajstić information content (AvgIpc) is 2.75. The van der Waals surface area contributed by atoms with E-state index in [1.165, 1.54) is 0 Å². The molecule has 0 saturated carbocycles. The fraction of sp³-hybridized carbons (Fsp3) is 0.208. The minimum atomic E-state index is -0.0589. The molecule has 0 fully saturated rings. The van der Waals surface area contributed by atoms with Crippen LogP contribution in [0.2, 0.25) is 0 Å². The van der Waals surface area contributed by atoms with Gasteiger partial charge in [-0.25, -0.2) is 0 Å². The highest BCUT2D eigenvalue weighted by atomic mass is 127. The molecule has 5 nitrogen and oxygen atoms in total. The van der Waals surface area contributed by atoms with Gasteiger partial charge in [-0.2, -0.15) is 0 Å². The second kappa shape index (κ2) is 12.2. The molecule has 0 saturated heterocycles. The molecule has 3 rings (SSSR count). The molecule has 0 radical (unpaired) electrons. The minimum absolute atomic E-state index is 0.0589. The van der Waals surface area contributed by atoms with E-state index in [-0.39, 0.29) is 12.5 Å². The molecule has 0 aliphatic heterocycles. The Balaban J connectivity index is 1.52. The summed E-state index contributed by atoms with van der Waals surface area (Å²) >= 11 is 2.23. The molecule has 1 amide bonds. The van der Waals surface area contributed by atoms with Crippen molar-refractivity contribution in [3.63, 3.8) is 0 Å². The minimum Gasteiger partial charge on any atom is -0.492 e. The second-order valence-corrected chi connectivity index (χ2v) is 7.90. The van der Waals surface area contributed by atoms with E-state index in [1.54, 1.807) is 0 Å². The van der Waals surface area contributed by atoms with Crippen molar-refractivity contribution in [2.24, 2.45) is 0 Å². The van der Waals surface area contributed by atoms with Gasteiger partial charge in [-0.15, -0.1) is 0 Å². The van der Waals surface area contributed by atoms with Crippen LogP contribution in [0.1, 0.15) is 0 Å². The Morgan fingerprint density at radius 1 is 0.800 bits per heavy atom. The summed E-state index contributed by atoms with van der Waals surface area (Å²) < 4.78 is 12.7. The van der Waals surface area contributed by atoms with Crippen LogP contribution >= 0.6 is 22.6 Å². The number of benzene rings is 3. The first-order chi connectivity index (χ1) is 14.7. The largest absolute Gasteiger partial charge is 0.492 e. The number of hydrogen-bond donors (Lipinski definition) is 1. The zero-order valence-corrected chi connectivity index (χ0v) is 18.8. The van der Waals surface area contributed by atoms with Crippen molar-refractivity contribution >= 4 is 34.2 Å². The van der Waals surface area contributed by atoms with E-state index >= 15 is 0 Å². The maximum atomic E-state index is 12.6. The molecular formula is C24H25IN2O3. The van der Waals surface area contributed by atoms with Gasteiger partial charge in [-0.3, -0.25) is 9.69 Å². The van der Waals surface area contributed by atoms with Crippen LogP contribution in [0.5, 0.6) is 11.5 Å². The number of carbonyl (C=O) groups is 1. The summed E-state index contributed by atoms with van der Waals surface area (Å²) in [4.78, 5) is 14.6. The monoisotopic (exact) mass is 516 g/mol. The van der Waals surface area contributed by atoms with E-state index in [4.69, 9.17) is 9.47 Å².